The van der Waals surface area contributed by atoms with Crippen LogP contribution < -0.4 is 5.69 Å². The molecule has 1 aromatic heterocycles. The van der Waals surface area contributed by atoms with Crippen LogP contribution in [0, 0.1) is 0 Å². The highest BCUT2D eigenvalue weighted by Crippen LogP contribution is 2.32. The lowest BCUT2D eigenvalue weighted by atomic mass is 9.84. The number of para-hydroxylation sites is 1. The van der Waals surface area contributed by atoms with Crippen molar-refractivity contribution in [2.75, 3.05) is 0 Å². The minimum Gasteiger partial charge on any atom is -0.481 e. The molecule has 2 aromatic carbocycles. The fourth-order valence-electron chi connectivity index (χ4n) is 3.06. The van der Waals surface area contributed by atoms with Gasteiger partial charge in [0.15, 0.2) is 0 Å². The zero-order chi connectivity index (χ0) is 18.4. The first-order valence-electron chi connectivity index (χ1n) is 7.93. The van der Waals surface area contributed by atoms with Crippen molar-refractivity contribution in [2.45, 2.75) is 32.6 Å². The van der Waals surface area contributed by atoms with Crippen LogP contribution in [0.3, 0.4) is 0 Å². The van der Waals surface area contributed by atoms with Crippen molar-refractivity contribution in [2.24, 2.45) is 0 Å². The molecule has 2 N–H and O–H groups in total. The van der Waals surface area contributed by atoms with E-state index in [0.29, 0.717) is 27.3 Å². The number of H-pyrrole nitrogens is 1. The molecule has 0 saturated carbocycles. The van der Waals surface area contributed by atoms with E-state index in [1.165, 1.54) is 4.57 Å². The fourth-order valence-corrected chi connectivity index (χ4v) is 3.23. The van der Waals surface area contributed by atoms with E-state index in [4.69, 9.17) is 11.6 Å². The van der Waals surface area contributed by atoms with Crippen LogP contribution >= 0.6 is 11.6 Å². The second-order valence-corrected chi connectivity index (χ2v) is 7.50. The number of imidazole rings is 1. The standard InChI is InChI=1S/C19H19ClN2O3/c1-19(2,3)13-6-4-5-11(9-16(23)24)17(13)22-15-10-12(20)7-8-14(15)21-18(22)25/h4-8,10H,9H2,1-3H3,(H,21,25)(H,23,24). The van der Waals surface area contributed by atoms with Gasteiger partial charge in [0.2, 0.25) is 0 Å². The molecule has 0 aliphatic carbocycles. The maximum atomic E-state index is 12.7. The minimum absolute atomic E-state index is 0.168. The molecule has 25 heavy (non-hydrogen) atoms. The molecule has 0 spiro atoms. The Hall–Kier alpha value is -2.53. The highest BCUT2D eigenvalue weighted by Gasteiger charge is 2.24. The summed E-state index contributed by atoms with van der Waals surface area (Å²) in [6.07, 6.45) is -0.168. The van der Waals surface area contributed by atoms with Gasteiger partial charge in [-0.15, -0.1) is 0 Å². The second-order valence-electron chi connectivity index (χ2n) is 7.06. The van der Waals surface area contributed by atoms with Crippen LogP contribution in [-0.4, -0.2) is 20.6 Å². The number of rotatable bonds is 3. The summed E-state index contributed by atoms with van der Waals surface area (Å²) in [6.45, 7) is 6.09. The first-order valence-corrected chi connectivity index (χ1v) is 8.31. The number of carbonyl (C=O) groups is 1. The summed E-state index contributed by atoms with van der Waals surface area (Å²) in [4.78, 5) is 26.8. The number of aromatic amines is 1. The van der Waals surface area contributed by atoms with Crippen LogP contribution in [0.2, 0.25) is 5.02 Å². The molecule has 0 aliphatic rings. The number of hydrogen-bond donors (Lipinski definition) is 2. The number of carboxylic acid groups (broad SMARTS) is 1. The summed E-state index contributed by atoms with van der Waals surface area (Å²) >= 11 is 6.12. The largest absolute Gasteiger partial charge is 0.481 e. The van der Waals surface area contributed by atoms with E-state index in [0.717, 1.165) is 5.56 Å². The Balaban J connectivity index is 2.44. The predicted molar refractivity (Wildman–Crippen MR) is 98.9 cm³/mol. The Bertz CT molecular complexity index is 1030. The Morgan fingerprint density at radius 1 is 1.24 bits per heavy atom. The molecular weight excluding hydrogens is 340 g/mol. The third-order valence-corrected chi connectivity index (χ3v) is 4.37. The van der Waals surface area contributed by atoms with Gasteiger partial charge in [0, 0.05) is 5.02 Å². The van der Waals surface area contributed by atoms with Gasteiger partial charge in [-0.3, -0.25) is 9.36 Å². The van der Waals surface area contributed by atoms with E-state index in [-0.39, 0.29) is 17.5 Å². The molecule has 0 aliphatic heterocycles. The van der Waals surface area contributed by atoms with Crippen molar-refractivity contribution in [3.63, 3.8) is 0 Å². The number of aliphatic carboxylic acids is 1. The number of aromatic nitrogens is 2. The quantitative estimate of drug-likeness (QED) is 0.745. The van der Waals surface area contributed by atoms with Gasteiger partial charge >= 0.3 is 11.7 Å². The molecule has 6 heteroatoms. The van der Waals surface area contributed by atoms with Gasteiger partial charge in [0.05, 0.1) is 23.1 Å². The number of hydrogen-bond acceptors (Lipinski definition) is 2. The summed E-state index contributed by atoms with van der Waals surface area (Å²) in [5.41, 5.74) is 2.78. The molecule has 0 saturated heterocycles. The van der Waals surface area contributed by atoms with Gasteiger partial charge < -0.3 is 10.1 Å². The van der Waals surface area contributed by atoms with E-state index >= 15 is 0 Å². The minimum atomic E-state index is -0.946. The van der Waals surface area contributed by atoms with Crippen molar-refractivity contribution in [3.8, 4) is 5.69 Å². The average Bonchev–Trinajstić information content (AvgIpc) is 2.81. The zero-order valence-corrected chi connectivity index (χ0v) is 15.0. The Morgan fingerprint density at radius 3 is 2.60 bits per heavy atom. The maximum absolute atomic E-state index is 12.7. The Morgan fingerprint density at radius 2 is 1.96 bits per heavy atom. The van der Waals surface area contributed by atoms with Gasteiger partial charge in [-0.25, -0.2) is 4.79 Å². The van der Waals surface area contributed by atoms with Gasteiger partial charge in [-0.05, 0) is 34.7 Å². The normalized spacial score (nSPS) is 11.8. The fraction of sp³-hybridized carbons (Fsp3) is 0.263. The third kappa shape index (κ3) is 3.20. The van der Waals surface area contributed by atoms with Gasteiger partial charge in [0.1, 0.15) is 0 Å². The molecular formula is C19H19ClN2O3. The summed E-state index contributed by atoms with van der Waals surface area (Å²) in [5.74, 6) is -0.946. The van der Waals surface area contributed by atoms with Crippen molar-refractivity contribution in [1.82, 2.24) is 9.55 Å². The molecule has 0 atom stereocenters. The van der Waals surface area contributed by atoms with E-state index in [1.807, 2.05) is 32.9 Å². The highest BCUT2D eigenvalue weighted by molar-refractivity contribution is 6.31. The van der Waals surface area contributed by atoms with Crippen molar-refractivity contribution in [1.29, 1.82) is 0 Å². The molecule has 3 aromatic rings. The molecule has 1 heterocycles. The molecule has 3 rings (SSSR count). The predicted octanol–water partition coefficient (Wildman–Crippen LogP) is 3.90. The van der Waals surface area contributed by atoms with Gasteiger partial charge in [-0.2, -0.15) is 0 Å². The maximum Gasteiger partial charge on any atom is 0.331 e. The molecule has 0 unspecified atom stereocenters. The molecule has 0 bridgehead atoms. The van der Waals surface area contributed by atoms with Crippen LogP contribution in [-0.2, 0) is 16.6 Å². The van der Waals surface area contributed by atoms with E-state index in [2.05, 4.69) is 4.98 Å². The van der Waals surface area contributed by atoms with E-state index < -0.39 is 5.97 Å². The van der Waals surface area contributed by atoms with Gasteiger partial charge in [-0.1, -0.05) is 50.6 Å². The van der Waals surface area contributed by atoms with Crippen LogP contribution in [0.15, 0.2) is 41.2 Å². The van der Waals surface area contributed by atoms with Crippen LogP contribution in [0.25, 0.3) is 16.7 Å². The molecule has 5 nitrogen and oxygen atoms in total. The zero-order valence-electron chi connectivity index (χ0n) is 14.3. The first kappa shape index (κ1) is 17.3. The molecule has 0 amide bonds. The van der Waals surface area contributed by atoms with Crippen LogP contribution in [0.1, 0.15) is 31.9 Å². The van der Waals surface area contributed by atoms with Gasteiger partial charge in [0.25, 0.3) is 0 Å². The lowest BCUT2D eigenvalue weighted by molar-refractivity contribution is -0.136. The first-order chi connectivity index (χ1) is 11.7. The number of fused-ring (bicyclic) bond motifs is 1. The molecule has 0 radical (unpaired) electrons. The number of nitrogens with zero attached hydrogens (tertiary/aromatic N) is 1. The van der Waals surface area contributed by atoms with Crippen molar-refractivity contribution >= 4 is 28.6 Å². The monoisotopic (exact) mass is 358 g/mol. The van der Waals surface area contributed by atoms with Crippen molar-refractivity contribution < 1.29 is 9.90 Å². The molecule has 130 valence electrons. The van der Waals surface area contributed by atoms with Crippen molar-refractivity contribution in [3.05, 3.63) is 63.0 Å². The molecule has 0 fully saturated rings. The number of halogens is 1. The average molecular weight is 359 g/mol. The van der Waals surface area contributed by atoms with Crippen LogP contribution in [0.5, 0.6) is 0 Å². The smallest absolute Gasteiger partial charge is 0.331 e. The lowest BCUT2D eigenvalue weighted by Crippen LogP contribution is -2.23. The summed E-state index contributed by atoms with van der Waals surface area (Å²) in [7, 11) is 0. The number of carboxylic acids is 1. The van der Waals surface area contributed by atoms with E-state index in [1.54, 1.807) is 24.3 Å². The third-order valence-electron chi connectivity index (χ3n) is 4.14. The Labute approximate surface area is 149 Å². The summed E-state index contributed by atoms with van der Waals surface area (Å²) in [6, 6.07) is 10.7. The highest BCUT2D eigenvalue weighted by atomic mass is 35.5. The SMILES string of the molecule is CC(C)(C)c1cccc(CC(=O)O)c1-n1c(=O)[nH]c2ccc(Cl)cc21. The Kier molecular flexibility index (Phi) is 4.21. The number of benzene rings is 2. The van der Waals surface area contributed by atoms with E-state index in [9.17, 15) is 14.7 Å². The summed E-state index contributed by atoms with van der Waals surface area (Å²) in [5, 5.41) is 9.80. The van der Waals surface area contributed by atoms with Crippen LogP contribution in [0.4, 0.5) is 0 Å². The topological polar surface area (TPSA) is 75.1 Å². The number of nitrogens with one attached hydrogen (secondary N) is 1. The lowest BCUT2D eigenvalue weighted by Gasteiger charge is -2.25. The summed E-state index contributed by atoms with van der Waals surface area (Å²) < 4.78 is 1.53. The second kappa shape index (κ2) is 6.08.